The molecule has 4 fully saturated rings. The average molecular weight is 1690 g/mol. The highest BCUT2D eigenvalue weighted by molar-refractivity contribution is 6.49. The number of carbonyl (C=O) groups is 8. The molecule has 0 saturated heterocycles. The molecule has 31 aliphatic carbocycles. The minimum absolute atomic E-state index is 0.104. The maximum atomic E-state index is 18.9. The maximum absolute atomic E-state index is 18.9. The van der Waals surface area contributed by atoms with Gasteiger partial charge in [0.1, 0.15) is 0 Å². The molecule has 12 spiro atoms. The van der Waals surface area contributed by atoms with Gasteiger partial charge in [-0.05, 0) is 370 Å². The lowest BCUT2D eigenvalue weighted by atomic mass is 9.41. The largest absolute Gasteiger partial charge is 0.465 e. The second kappa shape index (κ2) is 15.9. The molecule has 130 heavy (non-hydrogen) atoms. The van der Waals surface area contributed by atoms with Crippen LogP contribution in [0.1, 0.15) is 206 Å². The van der Waals surface area contributed by atoms with Crippen molar-refractivity contribution in [3.63, 3.8) is 0 Å². The third-order valence-corrected chi connectivity index (χ3v) is 42.8. The van der Waals surface area contributed by atoms with E-state index in [4.69, 9.17) is 57.8 Å². The average Bonchev–Trinajstić information content (AvgIpc) is 1.31. The van der Waals surface area contributed by atoms with Crippen LogP contribution in [0.15, 0.2) is 95.6 Å². The highest BCUT2D eigenvalue weighted by Gasteiger charge is 3.18. The molecule has 4 heterocycles. The molecule has 0 bridgehead atoms. The standard InChI is InChI=1S/C110H58N4O16/c1-9-123-87(115)107(88(116)124-10-2)99-69-37-35-36-39-42-43-71-52-49-62-45-44-60-46(72(99)48-51(69)64(36)97(65(39)52)33-23-19-27-113-84(33)82-31(21-17-25-111-82)29-95(62,97)61(44)48)47-63-50-53-67-55-54(66(45)98(67)34-24-20-28-114-85(34)83-32(22-18-26-112-83)30-96(60,63)98)73(49)101(71)103(108(101,89(117)125-11-3)90(118)126-12-4)77(55)58-59-81(103)79(43)104-68(42)38(35)41-40(37)70-57-56(74(47)100(70,99)107)75(50)102(76(53)58)106(109(102,91(119)127-13-5)92(120)128-14-6)80(57)78(41)105(104,86(59)106)110(104,93(121)129-15-7)94(122)130-16-8/h17-28,54,73H,9-16,29-30H2,1-8H3. The van der Waals surface area contributed by atoms with E-state index in [-0.39, 0.29) is 52.9 Å². The van der Waals surface area contributed by atoms with E-state index >= 15 is 38.4 Å². The Morgan fingerprint density at radius 1 is 0.308 bits per heavy atom. The lowest BCUT2D eigenvalue weighted by Gasteiger charge is -2.58. The number of esters is 8. The number of hydrogen-bond donors (Lipinski definition) is 0. The molecule has 31 aliphatic rings. The second-order valence-electron chi connectivity index (χ2n) is 42.6. The summed E-state index contributed by atoms with van der Waals surface area (Å²) in [7, 11) is 0. The predicted molar refractivity (Wildman–Crippen MR) is 454 cm³/mol. The Balaban J connectivity index is 0.899. The van der Waals surface area contributed by atoms with Gasteiger partial charge in [0.2, 0.25) is 0 Å². The topological polar surface area (TPSA) is 262 Å². The molecule has 614 valence electrons. The molecule has 7 aromatic carbocycles. The number of pyridine rings is 4. The summed E-state index contributed by atoms with van der Waals surface area (Å²) in [4.78, 5) is 173. The van der Waals surface area contributed by atoms with Gasteiger partial charge >= 0.3 is 47.8 Å². The Hall–Kier alpha value is -13.6. The number of carbonyl (C=O) groups excluding carboxylic acids is 8. The van der Waals surface area contributed by atoms with E-state index in [0.717, 1.165) is 228 Å². The number of benzene rings is 7. The lowest BCUT2D eigenvalue weighted by Crippen LogP contribution is -2.56. The Kier molecular flexibility index (Phi) is 7.74. The first kappa shape index (κ1) is 63.4. The third kappa shape index (κ3) is 3.65. The molecule has 0 aliphatic heterocycles. The van der Waals surface area contributed by atoms with Crippen LogP contribution in [0.25, 0.3) is 133 Å². The van der Waals surface area contributed by atoms with Crippen LogP contribution < -0.4 is 0 Å². The number of nitrogens with zero attached hydrogens (tertiary/aromatic N) is 4. The van der Waals surface area contributed by atoms with Crippen molar-refractivity contribution in [1.29, 1.82) is 0 Å². The minimum atomic E-state index is -2.55. The van der Waals surface area contributed by atoms with E-state index < -0.39 is 146 Å². The molecule has 0 radical (unpaired) electrons. The number of aromatic nitrogens is 4. The molecule has 20 nitrogen and oxygen atoms in total. The molecule has 11 aromatic rings. The van der Waals surface area contributed by atoms with Crippen molar-refractivity contribution in [2.75, 3.05) is 52.9 Å². The summed E-state index contributed by atoms with van der Waals surface area (Å²) >= 11 is 0. The summed E-state index contributed by atoms with van der Waals surface area (Å²) in [5, 5.41) is 3.62. The zero-order valence-electron chi connectivity index (χ0n) is 70.5. The van der Waals surface area contributed by atoms with Crippen LogP contribution in [0, 0.1) is 27.6 Å². The summed E-state index contributed by atoms with van der Waals surface area (Å²) in [5.41, 5.74) is 11.7. The Labute approximate surface area is 732 Å². The zero-order valence-corrected chi connectivity index (χ0v) is 70.5. The molecule has 0 amide bonds. The van der Waals surface area contributed by atoms with Crippen molar-refractivity contribution < 1.29 is 76.3 Å². The molecule has 14 atom stereocenters. The number of ether oxygens (including phenoxy) is 8. The third-order valence-electron chi connectivity index (χ3n) is 42.8. The highest BCUT2D eigenvalue weighted by Crippen LogP contribution is 3.15. The molecule has 4 saturated carbocycles. The van der Waals surface area contributed by atoms with Gasteiger partial charge in [0.15, 0.2) is 21.7 Å². The van der Waals surface area contributed by atoms with Crippen molar-refractivity contribution >= 4 is 91.6 Å². The fourth-order valence-corrected chi connectivity index (χ4v) is 43.6. The van der Waals surface area contributed by atoms with Gasteiger partial charge in [0, 0.05) is 52.9 Å². The first-order valence-electron chi connectivity index (χ1n) is 47.1. The first-order chi connectivity index (χ1) is 63.6. The van der Waals surface area contributed by atoms with Crippen LogP contribution in [-0.2, 0) is 154 Å². The first-order valence-corrected chi connectivity index (χ1v) is 47.1. The van der Waals surface area contributed by atoms with E-state index in [1.807, 2.05) is 52.5 Å². The summed E-state index contributed by atoms with van der Waals surface area (Å²) < 4.78 is 57.3. The molecule has 14 unspecified atom stereocenters. The fraction of sp³-hybridized carbons (Fsp3) is 0.327. The van der Waals surface area contributed by atoms with E-state index in [0.29, 0.717) is 85.5 Å². The van der Waals surface area contributed by atoms with Gasteiger partial charge < -0.3 is 37.9 Å². The van der Waals surface area contributed by atoms with Crippen LogP contribution in [0.3, 0.4) is 0 Å². The quantitative estimate of drug-likeness (QED) is 0.0377. The Bertz CT molecular complexity index is 9100. The zero-order chi connectivity index (χ0) is 85.0. The van der Waals surface area contributed by atoms with Crippen molar-refractivity contribution in [2.45, 2.75) is 139 Å². The Morgan fingerprint density at radius 3 is 1.28 bits per heavy atom. The normalized spacial score (nSPS) is 34.9. The van der Waals surface area contributed by atoms with Crippen molar-refractivity contribution in [3.05, 3.63) is 240 Å². The summed E-state index contributed by atoms with van der Waals surface area (Å²) in [6.45, 7) is 13.2. The summed E-state index contributed by atoms with van der Waals surface area (Å²) in [5.74, 6) is -7.84. The SMILES string of the molecule is CCOC(=O)C1(C(=O)OCC)C23C4=C5C6=C7c8c9c%10c%11c%12c8c(c8c%13c%14c%15c%16c(c%13%12)C%11%12c%11cccnc%11-c%11ncccc%11CC%12%11C%12=C%10C%10C%13C%17=C%12c%12c%11c-%16c%11c%16c%12C%12%18Cc%19cccnc%19-c%19ncccc%19C%17%12c%12c%17c(c5c(c%12%13)C65C(C(=O)OCC)(C(=O)OCC)C9%105)C56c9c-%17c%18c-%16c%10c9-c9c(c2c-8c-%14c9C%102C(C(=O)OCC)(C(=O)OCC)C%11%152)C45C6(C(=O)OCC)C(=O)OCC)C713. The van der Waals surface area contributed by atoms with Crippen molar-refractivity contribution in [1.82, 2.24) is 19.9 Å². The smallest absolute Gasteiger partial charge is 0.326 e. The lowest BCUT2D eigenvalue weighted by molar-refractivity contribution is -0.168. The van der Waals surface area contributed by atoms with E-state index in [1.54, 1.807) is 27.7 Å². The van der Waals surface area contributed by atoms with Crippen LogP contribution in [0.4, 0.5) is 0 Å². The number of allylic oxidation sites excluding steroid dienone is 8. The number of fused-ring (bicyclic) bond motifs is 6. The van der Waals surface area contributed by atoms with Crippen LogP contribution in [0.5, 0.6) is 0 Å². The van der Waals surface area contributed by atoms with Crippen molar-refractivity contribution in [3.8, 4) is 89.5 Å². The molecular formula is C110H58N4O16. The van der Waals surface area contributed by atoms with Gasteiger partial charge in [0.25, 0.3) is 0 Å². The predicted octanol–water partition coefficient (Wildman–Crippen LogP) is 12.9. The van der Waals surface area contributed by atoms with Crippen LogP contribution in [0.2, 0.25) is 0 Å². The Morgan fingerprint density at radius 2 is 0.708 bits per heavy atom. The van der Waals surface area contributed by atoms with E-state index in [9.17, 15) is 0 Å². The molecule has 20 heteroatoms. The van der Waals surface area contributed by atoms with E-state index in [1.165, 1.54) is 0 Å². The second-order valence-corrected chi connectivity index (χ2v) is 42.6. The van der Waals surface area contributed by atoms with Crippen molar-refractivity contribution in [2.24, 2.45) is 27.6 Å². The van der Waals surface area contributed by atoms with Gasteiger partial charge in [-0.1, -0.05) is 24.3 Å². The van der Waals surface area contributed by atoms with Gasteiger partial charge in [-0.3, -0.25) is 58.3 Å². The van der Waals surface area contributed by atoms with Gasteiger partial charge in [-0.25, -0.2) is 0 Å². The molecule has 0 N–H and O–H groups in total. The monoisotopic (exact) mass is 1690 g/mol. The van der Waals surface area contributed by atoms with Gasteiger partial charge in [-0.15, -0.1) is 0 Å². The van der Waals surface area contributed by atoms with Gasteiger partial charge in [0.05, 0.1) is 124 Å². The molecular weight excluding hydrogens is 1630 g/mol. The maximum Gasteiger partial charge on any atom is 0.326 e. The summed E-state index contributed by atoms with van der Waals surface area (Å²) in [6.07, 6.45) is 8.23. The number of hydrogen-bond acceptors (Lipinski definition) is 20. The van der Waals surface area contributed by atoms with E-state index in [2.05, 4.69) is 48.5 Å². The van der Waals surface area contributed by atoms with Crippen LogP contribution in [-0.4, -0.2) is 121 Å². The molecule has 42 rings (SSSR count). The minimum Gasteiger partial charge on any atom is -0.465 e. The highest BCUT2D eigenvalue weighted by atomic mass is 16.6. The van der Waals surface area contributed by atoms with Crippen LogP contribution >= 0.6 is 0 Å². The molecule has 4 aromatic heterocycles. The fourth-order valence-electron chi connectivity index (χ4n) is 43.6. The van der Waals surface area contributed by atoms with Gasteiger partial charge in [-0.2, -0.15) is 0 Å². The summed E-state index contributed by atoms with van der Waals surface area (Å²) in [6, 6.07) is 17.5. The number of rotatable bonds is 16.